The van der Waals surface area contributed by atoms with Gasteiger partial charge in [0.2, 0.25) is 0 Å². The van der Waals surface area contributed by atoms with E-state index in [1.54, 1.807) is 6.07 Å². The van der Waals surface area contributed by atoms with Crippen molar-refractivity contribution in [3.8, 4) is 0 Å². The van der Waals surface area contributed by atoms with Crippen molar-refractivity contribution in [2.24, 2.45) is 0 Å². The molecule has 1 rings (SSSR count). The molecule has 0 aliphatic rings. The van der Waals surface area contributed by atoms with Gasteiger partial charge in [-0.3, -0.25) is 0 Å². The molecule has 0 aliphatic heterocycles. The largest absolute Gasteiger partial charge is 0.410 e. The third-order valence-corrected chi connectivity index (χ3v) is 8.92. The molecule has 0 saturated heterocycles. The molecule has 0 spiro atoms. The molecular formula is C14H22BrFOSi. The molecule has 0 saturated carbocycles. The van der Waals surface area contributed by atoms with Crippen LogP contribution in [0.1, 0.15) is 39.4 Å². The van der Waals surface area contributed by atoms with E-state index in [2.05, 4.69) is 49.8 Å². The van der Waals surface area contributed by atoms with Crippen molar-refractivity contribution in [1.82, 2.24) is 0 Å². The van der Waals surface area contributed by atoms with E-state index >= 15 is 0 Å². The van der Waals surface area contributed by atoms with Gasteiger partial charge in [-0.1, -0.05) is 42.8 Å². The molecule has 1 aromatic rings. The summed E-state index contributed by atoms with van der Waals surface area (Å²) >= 11 is 3.40. The first-order chi connectivity index (χ1) is 8.04. The van der Waals surface area contributed by atoms with E-state index in [9.17, 15) is 4.39 Å². The van der Waals surface area contributed by atoms with Crippen LogP contribution in [0.5, 0.6) is 0 Å². The van der Waals surface area contributed by atoms with E-state index in [1.165, 1.54) is 12.1 Å². The Hall–Kier alpha value is -0.193. The lowest BCUT2D eigenvalue weighted by atomic mass is 10.1. The summed E-state index contributed by atoms with van der Waals surface area (Å²) in [6, 6.07) is 4.75. The summed E-state index contributed by atoms with van der Waals surface area (Å²) in [7, 11) is -1.80. The molecule has 1 aromatic carbocycles. The first-order valence-electron chi connectivity index (χ1n) is 6.17. The van der Waals surface area contributed by atoms with Gasteiger partial charge in [0.15, 0.2) is 8.32 Å². The van der Waals surface area contributed by atoms with E-state index in [-0.39, 0.29) is 17.0 Å². The standard InChI is InChI=1S/C14H22BrFOSi/c1-10(17-18(5,6)14(2,3)4)12-8-7-11(16)9-13(12)15/h7-10H,1-6H3. The maximum Gasteiger partial charge on any atom is 0.192 e. The highest BCUT2D eigenvalue weighted by Gasteiger charge is 2.38. The summed E-state index contributed by atoms with van der Waals surface area (Å²) in [4.78, 5) is 0. The number of hydrogen-bond acceptors (Lipinski definition) is 1. The fourth-order valence-electron chi connectivity index (χ4n) is 1.51. The van der Waals surface area contributed by atoms with E-state index in [1.807, 2.05) is 6.92 Å². The van der Waals surface area contributed by atoms with Crippen LogP contribution in [0, 0.1) is 5.82 Å². The van der Waals surface area contributed by atoms with E-state index in [0.29, 0.717) is 0 Å². The lowest BCUT2D eigenvalue weighted by molar-refractivity contribution is 0.202. The Morgan fingerprint density at radius 3 is 2.28 bits per heavy atom. The third-order valence-electron chi connectivity index (χ3n) is 3.68. The van der Waals surface area contributed by atoms with Gasteiger partial charge < -0.3 is 4.43 Å². The smallest absolute Gasteiger partial charge is 0.192 e. The lowest BCUT2D eigenvalue weighted by Gasteiger charge is -2.38. The Labute approximate surface area is 119 Å². The SMILES string of the molecule is CC(O[Si](C)(C)C(C)(C)C)c1ccc(F)cc1Br. The third kappa shape index (κ3) is 3.65. The van der Waals surface area contributed by atoms with Gasteiger partial charge in [0, 0.05) is 4.47 Å². The second kappa shape index (κ2) is 5.43. The Balaban J connectivity index is 2.92. The molecule has 18 heavy (non-hydrogen) atoms. The first-order valence-corrected chi connectivity index (χ1v) is 9.87. The molecule has 1 atom stereocenters. The second-order valence-electron chi connectivity index (χ2n) is 6.19. The first kappa shape index (κ1) is 15.9. The Bertz CT molecular complexity index is 426. The van der Waals surface area contributed by atoms with Crippen LogP contribution < -0.4 is 0 Å². The van der Waals surface area contributed by atoms with Crippen LogP contribution in [0.25, 0.3) is 0 Å². The zero-order chi connectivity index (χ0) is 14.1. The number of rotatable bonds is 3. The number of halogens is 2. The van der Waals surface area contributed by atoms with Crippen LogP contribution in [0.15, 0.2) is 22.7 Å². The summed E-state index contributed by atoms with van der Waals surface area (Å²) in [6.07, 6.45) is -0.0270. The molecule has 1 nitrogen and oxygen atoms in total. The van der Waals surface area contributed by atoms with Gasteiger partial charge in [0.1, 0.15) is 5.82 Å². The molecule has 102 valence electrons. The Morgan fingerprint density at radius 1 is 1.28 bits per heavy atom. The predicted octanol–water partition coefficient (Wildman–Crippen LogP) is 5.67. The van der Waals surface area contributed by atoms with Gasteiger partial charge in [-0.15, -0.1) is 0 Å². The molecule has 0 aliphatic carbocycles. The molecule has 0 heterocycles. The van der Waals surface area contributed by atoms with Gasteiger partial charge in [-0.05, 0) is 42.8 Å². The Morgan fingerprint density at radius 2 is 1.83 bits per heavy atom. The lowest BCUT2D eigenvalue weighted by Crippen LogP contribution is -2.41. The van der Waals surface area contributed by atoms with Crippen molar-refractivity contribution in [1.29, 1.82) is 0 Å². The van der Waals surface area contributed by atoms with Crippen LogP contribution in [0.2, 0.25) is 18.1 Å². The minimum Gasteiger partial charge on any atom is -0.410 e. The molecule has 0 fully saturated rings. The molecule has 1 unspecified atom stereocenters. The van der Waals surface area contributed by atoms with Crippen LogP contribution in [0.3, 0.4) is 0 Å². The molecule has 4 heteroatoms. The quantitative estimate of drug-likeness (QED) is 0.648. The molecule has 0 radical (unpaired) electrons. The van der Waals surface area contributed by atoms with E-state index in [0.717, 1.165) is 10.0 Å². The van der Waals surface area contributed by atoms with Crippen LogP contribution in [-0.2, 0) is 4.43 Å². The van der Waals surface area contributed by atoms with Crippen LogP contribution in [-0.4, -0.2) is 8.32 Å². The minimum atomic E-state index is -1.80. The zero-order valence-corrected chi connectivity index (χ0v) is 14.6. The van der Waals surface area contributed by atoms with Gasteiger partial charge in [-0.25, -0.2) is 4.39 Å². The van der Waals surface area contributed by atoms with Crippen molar-refractivity contribution < 1.29 is 8.82 Å². The monoisotopic (exact) mass is 332 g/mol. The average Bonchev–Trinajstić information content (AvgIpc) is 2.14. The van der Waals surface area contributed by atoms with Crippen molar-refractivity contribution in [3.05, 3.63) is 34.1 Å². The average molecular weight is 333 g/mol. The van der Waals surface area contributed by atoms with Crippen molar-refractivity contribution >= 4 is 24.2 Å². The fourth-order valence-corrected chi connectivity index (χ4v) is 3.55. The second-order valence-corrected chi connectivity index (χ2v) is 11.8. The number of hydrogen-bond donors (Lipinski definition) is 0. The highest BCUT2D eigenvalue weighted by Crippen LogP contribution is 2.40. The van der Waals surface area contributed by atoms with Gasteiger partial charge in [0.25, 0.3) is 0 Å². The summed E-state index contributed by atoms with van der Waals surface area (Å²) < 4.78 is 20.1. The molecule has 0 N–H and O–H groups in total. The number of benzene rings is 1. The van der Waals surface area contributed by atoms with Gasteiger partial charge >= 0.3 is 0 Å². The highest BCUT2D eigenvalue weighted by atomic mass is 79.9. The maximum absolute atomic E-state index is 13.1. The van der Waals surface area contributed by atoms with Gasteiger partial charge in [-0.2, -0.15) is 0 Å². The summed E-state index contributed by atoms with van der Waals surface area (Å²) in [5, 5.41) is 0.174. The van der Waals surface area contributed by atoms with E-state index in [4.69, 9.17) is 4.43 Å². The zero-order valence-electron chi connectivity index (χ0n) is 12.0. The normalized spacial score (nSPS) is 14.7. The summed E-state index contributed by atoms with van der Waals surface area (Å²) in [6.45, 7) is 13.1. The van der Waals surface area contributed by atoms with Crippen molar-refractivity contribution in [2.45, 2.75) is 51.9 Å². The van der Waals surface area contributed by atoms with Crippen LogP contribution >= 0.6 is 15.9 Å². The molecule has 0 bridgehead atoms. The Kier molecular flexibility index (Phi) is 4.79. The molecular weight excluding hydrogens is 311 g/mol. The van der Waals surface area contributed by atoms with Crippen molar-refractivity contribution in [3.63, 3.8) is 0 Å². The predicted molar refractivity (Wildman–Crippen MR) is 80.8 cm³/mol. The van der Waals surface area contributed by atoms with Gasteiger partial charge in [0.05, 0.1) is 6.10 Å². The minimum absolute atomic E-state index is 0.0270. The maximum atomic E-state index is 13.1. The van der Waals surface area contributed by atoms with Crippen molar-refractivity contribution in [2.75, 3.05) is 0 Å². The molecule has 0 aromatic heterocycles. The summed E-state index contributed by atoms with van der Waals surface area (Å²) in [5.74, 6) is -0.231. The van der Waals surface area contributed by atoms with Crippen LogP contribution in [0.4, 0.5) is 4.39 Å². The molecule has 0 amide bonds. The summed E-state index contributed by atoms with van der Waals surface area (Å²) in [5.41, 5.74) is 1.00. The highest BCUT2D eigenvalue weighted by molar-refractivity contribution is 9.10. The topological polar surface area (TPSA) is 9.23 Å². The fraction of sp³-hybridized carbons (Fsp3) is 0.571. The van der Waals surface area contributed by atoms with E-state index < -0.39 is 8.32 Å².